The highest BCUT2D eigenvalue weighted by atomic mass is 16.3. The van der Waals surface area contributed by atoms with Crippen molar-refractivity contribution >= 4 is 0 Å². The maximum Gasteiger partial charge on any atom is 0.118 e. The van der Waals surface area contributed by atoms with Crippen LogP contribution in [0.3, 0.4) is 0 Å². The average molecular weight is 383 g/mol. The van der Waals surface area contributed by atoms with Gasteiger partial charge in [-0.3, -0.25) is 0 Å². The first-order chi connectivity index (χ1) is 12.8. The van der Waals surface area contributed by atoms with Crippen LogP contribution >= 0.6 is 0 Å². The minimum atomic E-state index is -0.213. The molecule has 0 fully saturated rings. The Balaban J connectivity index is 2.71. The summed E-state index contributed by atoms with van der Waals surface area (Å²) >= 11 is 0. The highest BCUT2D eigenvalue weighted by Gasteiger charge is 2.44. The Labute approximate surface area is 171 Å². The van der Waals surface area contributed by atoms with Crippen LogP contribution in [0.25, 0.3) is 0 Å². The molecule has 2 nitrogen and oxygen atoms in total. The number of phenolic OH excluding ortho intramolecular Hbond substituents is 2. The van der Waals surface area contributed by atoms with Gasteiger partial charge in [-0.2, -0.15) is 0 Å². The van der Waals surface area contributed by atoms with Crippen LogP contribution in [0.1, 0.15) is 83.1 Å². The van der Waals surface area contributed by atoms with Crippen LogP contribution in [0.4, 0.5) is 0 Å². The van der Waals surface area contributed by atoms with Crippen molar-refractivity contribution in [3.05, 3.63) is 58.7 Å². The molecule has 2 heteroatoms. The molecule has 0 saturated heterocycles. The third-order valence-electron chi connectivity index (χ3n) is 6.14. The summed E-state index contributed by atoms with van der Waals surface area (Å²) < 4.78 is 0. The van der Waals surface area contributed by atoms with Crippen molar-refractivity contribution in [2.45, 2.75) is 80.1 Å². The van der Waals surface area contributed by atoms with Gasteiger partial charge >= 0.3 is 0 Å². The highest BCUT2D eigenvalue weighted by Crippen LogP contribution is 2.52. The Morgan fingerprint density at radius 2 is 1.11 bits per heavy atom. The molecule has 2 rings (SSSR count). The zero-order valence-electron chi connectivity index (χ0n) is 19.0. The van der Waals surface area contributed by atoms with Crippen LogP contribution in [-0.4, -0.2) is 10.2 Å². The molecule has 28 heavy (non-hydrogen) atoms. The number of aromatic hydroxyl groups is 2. The molecule has 2 aromatic carbocycles. The van der Waals surface area contributed by atoms with E-state index in [0.29, 0.717) is 16.9 Å². The van der Waals surface area contributed by atoms with Gasteiger partial charge in [0.1, 0.15) is 11.5 Å². The summed E-state index contributed by atoms with van der Waals surface area (Å²) in [6.45, 7) is 17.7. The van der Waals surface area contributed by atoms with E-state index in [1.165, 1.54) is 11.1 Å². The number of rotatable bonds is 5. The maximum atomic E-state index is 10.1. The first-order valence-electron chi connectivity index (χ1n) is 10.4. The topological polar surface area (TPSA) is 40.5 Å². The number of aryl methyl sites for hydroxylation is 2. The predicted molar refractivity (Wildman–Crippen MR) is 119 cm³/mol. The average Bonchev–Trinajstić information content (AvgIpc) is 2.55. The molecule has 2 N–H and O–H groups in total. The fourth-order valence-corrected chi connectivity index (χ4v) is 4.42. The number of phenols is 2. The zero-order chi connectivity index (χ0) is 21.3. The Morgan fingerprint density at radius 3 is 1.43 bits per heavy atom. The van der Waals surface area contributed by atoms with Crippen LogP contribution in [-0.2, 0) is 5.41 Å². The first kappa shape index (κ1) is 22.3. The molecule has 0 radical (unpaired) electrons. The Bertz CT molecular complexity index is 768. The van der Waals surface area contributed by atoms with Crippen LogP contribution < -0.4 is 0 Å². The van der Waals surface area contributed by atoms with Crippen molar-refractivity contribution < 1.29 is 10.2 Å². The van der Waals surface area contributed by atoms with E-state index >= 15 is 0 Å². The third-order valence-corrected chi connectivity index (χ3v) is 6.14. The molecular weight excluding hydrogens is 344 g/mol. The van der Waals surface area contributed by atoms with Crippen LogP contribution in [0.5, 0.6) is 11.5 Å². The van der Waals surface area contributed by atoms with Gasteiger partial charge in [0.15, 0.2) is 0 Å². The molecule has 0 aliphatic carbocycles. The summed E-state index contributed by atoms with van der Waals surface area (Å²) in [7, 11) is 0. The smallest absolute Gasteiger partial charge is 0.118 e. The van der Waals surface area contributed by atoms with E-state index in [4.69, 9.17) is 0 Å². The second-order valence-corrected chi connectivity index (χ2v) is 10.6. The van der Waals surface area contributed by atoms with Gasteiger partial charge < -0.3 is 10.2 Å². The fraction of sp³-hybridized carbons (Fsp3) is 0.538. The fourth-order valence-electron chi connectivity index (χ4n) is 4.42. The van der Waals surface area contributed by atoms with Gasteiger partial charge in [-0.25, -0.2) is 0 Å². The lowest BCUT2D eigenvalue weighted by atomic mass is 9.56. The molecule has 0 heterocycles. The molecule has 0 aromatic heterocycles. The third kappa shape index (κ3) is 4.54. The standard InChI is InChI=1S/C26H38O2/c1-18-16-20(10-12-22(18)27)26(25(6,7)8,15-9-14-24(3,4)5)21-11-13-23(28)19(2)17-21/h10-13,16-17,27-28H,9,14-15H2,1-8H3. The SMILES string of the molecule is Cc1cc(C(CCCC(C)(C)C)(c2ccc(O)c(C)c2)C(C)(C)C)ccc1O. The van der Waals surface area contributed by atoms with Gasteiger partial charge in [0.2, 0.25) is 0 Å². The van der Waals surface area contributed by atoms with Gasteiger partial charge in [0, 0.05) is 5.41 Å². The van der Waals surface area contributed by atoms with Crippen molar-refractivity contribution in [3.63, 3.8) is 0 Å². The van der Waals surface area contributed by atoms with Gasteiger partial charge in [-0.1, -0.05) is 72.2 Å². The zero-order valence-corrected chi connectivity index (χ0v) is 19.0. The van der Waals surface area contributed by atoms with Crippen LogP contribution in [0, 0.1) is 24.7 Å². The first-order valence-corrected chi connectivity index (χ1v) is 10.4. The summed E-state index contributed by atoms with van der Waals surface area (Å²) in [5, 5.41) is 20.2. The van der Waals surface area contributed by atoms with Crippen LogP contribution in [0.15, 0.2) is 36.4 Å². The lowest BCUT2D eigenvalue weighted by molar-refractivity contribution is 0.198. The van der Waals surface area contributed by atoms with Crippen molar-refractivity contribution in [2.24, 2.45) is 10.8 Å². The number of hydrogen-bond donors (Lipinski definition) is 2. The Morgan fingerprint density at radius 1 is 0.679 bits per heavy atom. The van der Waals surface area contributed by atoms with E-state index in [2.05, 4.69) is 65.8 Å². The molecule has 0 aliphatic rings. The van der Waals surface area contributed by atoms with Gasteiger partial charge in [-0.05, 0) is 71.9 Å². The summed E-state index contributed by atoms with van der Waals surface area (Å²) in [4.78, 5) is 0. The normalized spacial score (nSPS) is 13.0. The monoisotopic (exact) mass is 382 g/mol. The largest absolute Gasteiger partial charge is 0.508 e. The van der Waals surface area contributed by atoms with Gasteiger partial charge in [0.25, 0.3) is 0 Å². The molecular formula is C26H38O2. The second-order valence-electron chi connectivity index (χ2n) is 10.6. The van der Waals surface area contributed by atoms with Crippen molar-refractivity contribution in [3.8, 4) is 11.5 Å². The molecule has 0 bridgehead atoms. The molecule has 0 unspecified atom stereocenters. The van der Waals surface area contributed by atoms with Gasteiger partial charge in [-0.15, -0.1) is 0 Å². The molecule has 0 amide bonds. The lowest BCUT2D eigenvalue weighted by Crippen LogP contribution is -2.41. The Hall–Kier alpha value is -1.96. The van der Waals surface area contributed by atoms with Crippen molar-refractivity contribution in [1.82, 2.24) is 0 Å². The summed E-state index contributed by atoms with van der Waals surface area (Å²) in [5.74, 6) is 0.672. The van der Waals surface area contributed by atoms with E-state index < -0.39 is 0 Å². The molecule has 0 spiro atoms. The number of hydrogen-bond acceptors (Lipinski definition) is 2. The van der Waals surface area contributed by atoms with E-state index in [1.807, 2.05) is 26.0 Å². The quantitative estimate of drug-likeness (QED) is 0.571. The van der Waals surface area contributed by atoms with Crippen molar-refractivity contribution in [2.75, 3.05) is 0 Å². The van der Waals surface area contributed by atoms with Crippen LogP contribution in [0.2, 0.25) is 0 Å². The minimum Gasteiger partial charge on any atom is -0.508 e. The molecule has 2 aromatic rings. The maximum absolute atomic E-state index is 10.1. The van der Waals surface area contributed by atoms with Crippen molar-refractivity contribution in [1.29, 1.82) is 0 Å². The molecule has 0 saturated carbocycles. The highest BCUT2D eigenvalue weighted by molar-refractivity contribution is 5.49. The predicted octanol–water partition coefficient (Wildman–Crippen LogP) is 7.26. The second kappa shape index (κ2) is 7.81. The Kier molecular flexibility index (Phi) is 6.23. The summed E-state index contributed by atoms with van der Waals surface area (Å²) in [6.07, 6.45) is 3.28. The number of benzene rings is 2. The molecule has 154 valence electrons. The molecule has 0 atom stereocenters. The van der Waals surface area contributed by atoms with E-state index in [1.54, 1.807) is 0 Å². The van der Waals surface area contributed by atoms with E-state index in [-0.39, 0.29) is 10.8 Å². The summed E-state index contributed by atoms with van der Waals surface area (Å²) in [5.41, 5.74) is 4.30. The molecule has 0 aliphatic heterocycles. The van der Waals surface area contributed by atoms with E-state index in [9.17, 15) is 10.2 Å². The minimum absolute atomic E-state index is 0.0439. The van der Waals surface area contributed by atoms with Gasteiger partial charge in [0.05, 0.1) is 0 Å². The lowest BCUT2D eigenvalue weighted by Gasteiger charge is -2.47. The summed E-state index contributed by atoms with van der Waals surface area (Å²) in [6, 6.07) is 12.1. The van der Waals surface area contributed by atoms with E-state index in [0.717, 1.165) is 30.4 Å².